The topological polar surface area (TPSA) is 30.7 Å². The van der Waals surface area contributed by atoms with Gasteiger partial charge in [-0.3, -0.25) is 0 Å². The number of nitrogens with zero attached hydrogens (tertiary/aromatic N) is 3. The summed E-state index contributed by atoms with van der Waals surface area (Å²) in [6.07, 6.45) is 3.56. The van der Waals surface area contributed by atoms with E-state index in [0.29, 0.717) is 0 Å². The third-order valence-electron chi connectivity index (χ3n) is 6.55. The van der Waals surface area contributed by atoms with Crippen LogP contribution < -0.4 is 0 Å². The summed E-state index contributed by atoms with van der Waals surface area (Å²) in [7, 11) is 0. The van der Waals surface area contributed by atoms with E-state index in [0.717, 1.165) is 10.2 Å². The Morgan fingerprint density at radius 2 is 1.45 bits per heavy atom. The average Bonchev–Trinajstić information content (AvgIpc) is 3.52. The van der Waals surface area contributed by atoms with Crippen LogP contribution in [0.1, 0.15) is 0 Å². The number of fused-ring (bicyclic) bond motifs is 9. The largest absolute Gasteiger partial charge is 0.308 e. The lowest BCUT2D eigenvalue weighted by atomic mass is 10.1. The summed E-state index contributed by atoms with van der Waals surface area (Å²) in [4.78, 5) is 8.83. The number of benzene rings is 4. The van der Waals surface area contributed by atoms with Gasteiger partial charge in [0.05, 0.1) is 31.6 Å². The first-order chi connectivity index (χ1) is 16.4. The maximum absolute atomic E-state index is 4.60. The molecule has 0 N–H and O–H groups in total. The minimum atomic E-state index is 1.03. The highest BCUT2D eigenvalue weighted by molar-refractivity contribution is 7.26. The molecule has 0 aliphatic rings. The van der Waals surface area contributed by atoms with Crippen molar-refractivity contribution in [1.29, 1.82) is 0 Å². The fraction of sp³-hybridized carbons (Fsp3) is 0. The van der Waals surface area contributed by atoms with Gasteiger partial charge in [-0.05, 0) is 30.3 Å². The van der Waals surface area contributed by atoms with Crippen LogP contribution in [-0.4, -0.2) is 14.5 Å². The van der Waals surface area contributed by atoms with E-state index in [4.69, 9.17) is 0 Å². The van der Waals surface area contributed by atoms with Crippen molar-refractivity contribution in [3.05, 3.63) is 91.4 Å². The van der Waals surface area contributed by atoms with Crippen molar-refractivity contribution in [3.8, 4) is 5.69 Å². The van der Waals surface area contributed by atoms with E-state index in [1.54, 1.807) is 17.7 Å². The molecule has 33 heavy (non-hydrogen) atoms. The molecule has 4 aromatic heterocycles. The molecule has 4 aromatic carbocycles. The number of thiophene rings is 2. The summed E-state index contributed by atoms with van der Waals surface area (Å²) in [6.45, 7) is 0. The summed E-state index contributed by atoms with van der Waals surface area (Å²) in [6, 6.07) is 28.8. The van der Waals surface area contributed by atoms with Crippen LogP contribution in [0.15, 0.2) is 91.4 Å². The Hall–Kier alpha value is -3.80. The van der Waals surface area contributed by atoms with Crippen molar-refractivity contribution < 1.29 is 0 Å². The Morgan fingerprint density at radius 3 is 2.42 bits per heavy atom. The van der Waals surface area contributed by atoms with Crippen LogP contribution in [0.5, 0.6) is 0 Å². The third kappa shape index (κ3) is 2.33. The Morgan fingerprint density at radius 1 is 0.606 bits per heavy atom. The van der Waals surface area contributed by atoms with Gasteiger partial charge < -0.3 is 4.57 Å². The van der Waals surface area contributed by atoms with Gasteiger partial charge in [0.2, 0.25) is 0 Å². The lowest BCUT2D eigenvalue weighted by Gasteiger charge is -2.09. The average molecular weight is 458 g/mol. The zero-order valence-corrected chi connectivity index (χ0v) is 19.0. The van der Waals surface area contributed by atoms with Crippen LogP contribution in [0.2, 0.25) is 0 Å². The molecule has 0 atom stereocenters. The quantitative estimate of drug-likeness (QED) is 0.248. The zero-order chi connectivity index (χ0) is 21.5. The van der Waals surface area contributed by atoms with Gasteiger partial charge in [0.1, 0.15) is 6.33 Å². The van der Waals surface area contributed by atoms with Gasteiger partial charge in [-0.25, -0.2) is 9.97 Å². The van der Waals surface area contributed by atoms with E-state index >= 15 is 0 Å². The summed E-state index contributed by atoms with van der Waals surface area (Å²) >= 11 is 3.64. The van der Waals surface area contributed by atoms with Gasteiger partial charge in [-0.1, -0.05) is 48.5 Å². The lowest BCUT2D eigenvalue weighted by molar-refractivity contribution is 1.20. The summed E-state index contributed by atoms with van der Waals surface area (Å²) in [5, 5.41) is 6.38. The van der Waals surface area contributed by atoms with E-state index in [2.05, 4.69) is 93.4 Å². The SMILES string of the molecule is c1ccc2c(c1)sc1c(-n3c4ccccc4c4cc5sc6cncnc6c5cc43)cccc12. The van der Waals surface area contributed by atoms with Crippen LogP contribution >= 0.6 is 22.7 Å². The fourth-order valence-electron chi connectivity index (χ4n) is 5.14. The van der Waals surface area contributed by atoms with Crippen molar-refractivity contribution >= 4 is 85.0 Å². The van der Waals surface area contributed by atoms with Gasteiger partial charge in [-0.15, -0.1) is 22.7 Å². The first-order valence-corrected chi connectivity index (χ1v) is 12.5. The van der Waals surface area contributed by atoms with E-state index in [9.17, 15) is 0 Å². The maximum Gasteiger partial charge on any atom is 0.116 e. The number of rotatable bonds is 1. The lowest BCUT2D eigenvalue weighted by Crippen LogP contribution is -1.93. The Labute approximate surface area is 196 Å². The zero-order valence-electron chi connectivity index (χ0n) is 17.3. The Kier molecular flexibility index (Phi) is 3.42. The number of aromatic nitrogens is 3. The van der Waals surface area contributed by atoms with Crippen LogP contribution in [-0.2, 0) is 0 Å². The smallest absolute Gasteiger partial charge is 0.116 e. The molecular weight excluding hydrogens is 442 g/mol. The van der Waals surface area contributed by atoms with Crippen molar-refractivity contribution in [3.63, 3.8) is 0 Å². The Bertz CT molecular complexity index is 2040. The van der Waals surface area contributed by atoms with Crippen molar-refractivity contribution in [2.24, 2.45) is 0 Å². The highest BCUT2D eigenvalue weighted by Crippen LogP contribution is 2.43. The molecule has 0 unspecified atom stereocenters. The normalized spacial score (nSPS) is 12.2. The standard InChI is InChI=1S/C28H15N3S2/c1-3-9-21-16(6-1)19-13-25-20(27-26(32-25)14-29-15-30-27)12-23(19)31(21)22-10-5-8-18-17-7-2-4-11-24(17)33-28(18)22/h1-15H. The van der Waals surface area contributed by atoms with Gasteiger partial charge in [-0.2, -0.15) is 0 Å². The van der Waals surface area contributed by atoms with E-state index in [1.807, 2.05) is 17.5 Å². The predicted octanol–water partition coefficient (Wildman–Crippen LogP) is 8.31. The summed E-state index contributed by atoms with van der Waals surface area (Å²) in [5.74, 6) is 0. The second kappa shape index (κ2) is 6.38. The highest BCUT2D eigenvalue weighted by Gasteiger charge is 2.18. The number of hydrogen-bond acceptors (Lipinski definition) is 4. The minimum absolute atomic E-state index is 1.03. The monoisotopic (exact) mass is 457 g/mol. The van der Waals surface area contributed by atoms with Crippen molar-refractivity contribution in [1.82, 2.24) is 14.5 Å². The minimum Gasteiger partial charge on any atom is -0.308 e. The predicted molar refractivity (Wildman–Crippen MR) is 142 cm³/mol. The van der Waals surface area contributed by atoms with Gasteiger partial charge in [0.15, 0.2) is 0 Å². The molecule has 3 nitrogen and oxygen atoms in total. The number of para-hydroxylation sites is 1. The van der Waals surface area contributed by atoms with E-state index in [-0.39, 0.29) is 0 Å². The van der Waals surface area contributed by atoms with Crippen LogP contribution in [0, 0.1) is 0 Å². The molecule has 0 saturated heterocycles. The molecule has 154 valence electrons. The molecule has 8 aromatic rings. The summed E-state index contributed by atoms with van der Waals surface area (Å²) in [5.41, 5.74) is 4.71. The van der Waals surface area contributed by atoms with Gasteiger partial charge in [0, 0.05) is 42.5 Å². The summed E-state index contributed by atoms with van der Waals surface area (Å²) < 4.78 is 7.46. The van der Waals surface area contributed by atoms with E-state index < -0.39 is 0 Å². The molecule has 0 bridgehead atoms. The molecule has 0 saturated carbocycles. The molecule has 5 heteroatoms. The number of hydrogen-bond donors (Lipinski definition) is 0. The van der Waals surface area contributed by atoms with Crippen molar-refractivity contribution in [2.75, 3.05) is 0 Å². The molecule has 0 fully saturated rings. The molecule has 0 radical (unpaired) electrons. The first-order valence-electron chi connectivity index (χ1n) is 10.8. The van der Waals surface area contributed by atoms with Gasteiger partial charge >= 0.3 is 0 Å². The van der Waals surface area contributed by atoms with Crippen molar-refractivity contribution in [2.45, 2.75) is 0 Å². The maximum atomic E-state index is 4.60. The molecule has 0 amide bonds. The molecule has 0 aliphatic heterocycles. The molecular formula is C28H15N3S2. The third-order valence-corrected chi connectivity index (χ3v) is 8.84. The molecule has 0 aliphatic carbocycles. The van der Waals surface area contributed by atoms with Crippen LogP contribution in [0.3, 0.4) is 0 Å². The molecule has 8 rings (SSSR count). The van der Waals surface area contributed by atoms with E-state index in [1.165, 1.54) is 57.8 Å². The van der Waals surface area contributed by atoms with Crippen LogP contribution in [0.4, 0.5) is 0 Å². The second-order valence-corrected chi connectivity index (χ2v) is 10.4. The highest BCUT2D eigenvalue weighted by atomic mass is 32.1. The fourth-order valence-corrected chi connectivity index (χ4v) is 7.40. The first kappa shape index (κ1) is 17.7. The molecule has 0 spiro atoms. The molecule has 4 heterocycles. The Balaban J connectivity index is 1.58. The second-order valence-electron chi connectivity index (χ2n) is 8.31. The van der Waals surface area contributed by atoms with Crippen LogP contribution in [0.25, 0.3) is 68.0 Å². The van der Waals surface area contributed by atoms with Gasteiger partial charge in [0.25, 0.3) is 0 Å².